The highest BCUT2D eigenvalue weighted by Gasteiger charge is 2.00. The highest BCUT2D eigenvalue weighted by molar-refractivity contribution is 5.88. The number of nitrogens with one attached hydrogen (secondary N) is 2. The molecule has 0 bridgehead atoms. The second-order valence-electron chi connectivity index (χ2n) is 3.43. The number of rotatable bonds is 4. The zero-order valence-electron chi connectivity index (χ0n) is 9.03. The van der Waals surface area contributed by atoms with Gasteiger partial charge in [-0.3, -0.25) is 4.98 Å². The van der Waals surface area contributed by atoms with E-state index in [0.717, 1.165) is 6.54 Å². The Morgan fingerprint density at radius 1 is 1.53 bits per heavy atom. The first-order valence-corrected chi connectivity index (χ1v) is 4.78. The molecule has 82 valence electrons. The van der Waals surface area contributed by atoms with Gasteiger partial charge in [0.25, 0.3) is 0 Å². The van der Waals surface area contributed by atoms with Gasteiger partial charge in [0.2, 0.25) is 0 Å². The molecule has 15 heavy (non-hydrogen) atoms. The van der Waals surface area contributed by atoms with Crippen LogP contribution in [0.1, 0.15) is 0 Å². The summed E-state index contributed by atoms with van der Waals surface area (Å²) in [6.07, 6.45) is 3.26. The number of hydrogen-bond donors (Lipinski definition) is 2. The summed E-state index contributed by atoms with van der Waals surface area (Å²) in [5, 5.41) is 5.43. The summed E-state index contributed by atoms with van der Waals surface area (Å²) in [5.41, 5.74) is 0.694. The van der Waals surface area contributed by atoms with Crippen LogP contribution in [0.4, 0.5) is 10.5 Å². The van der Waals surface area contributed by atoms with E-state index in [4.69, 9.17) is 0 Å². The Kier molecular flexibility index (Phi) is 4.56. The van der Waals surface area contributed by atoms with Crippen LogP contribution in [0.25, 0.3) is 0 Å². The average Bonchev–Trinajstić information content (AvgIpc) is 2.18. The van der Waals surface area contributed by atoms with Crippen molar-refractivity contribution in [3.05, 3.63) is 24.5 Å². The molecular formula is C10H16N4O. The van der Waals surface area contributed by atoms with Gasteiger partial charge in [0.05, 0.1) is 11.9 Å². The minimum atomic E-state index is -0.204. The Bertz CT molecular complexity index is 300. The monoisotopic (exact) mass is 208 g/mol. The summed E-state index contributed by atoms with van der Waals surface area (Å²) in [7, 11) is 3.92. The summed E-state index contributed by atoms with van der Waals surface area (Å²) >= 11 is 0. The molecule has 0 aliphatic heterocycles. The molecule has 5 nitrogen and oxygen atoms in total. The SMILES string of the molecule is CN(C)CCNC(=O)Nc1cccnc1. The van der Waals surface area contributed by atoms with Crippen molar-refractivity contribution in [3.8, 4) is 0 Å². The highest BCUT2D eigenvalue weighted by Crippen LogP contribution is 2.01. The molecule has 2 amide bonds. The van der Waals surface area contributed by atoms with Crippen LogP contribution in [0.2, 0.25) is 0 Å². The molecule has 1 rings (SSSR count). The van der Waals surface area contributed by atoms with Crippen molar-refractivity contribution in [2.45, 2.75) is 0 Å². The number of urea groups is 1. The third-order valence-corrected chi connectivity index (χ3v) is 1.76. The molecule has 0 aliphatic rings. The maximum absolute atomic E-state index is 11.3. The lowest BCUT2D eigenvalue weighted by molar-refractivity contribution is 0.250. The third-order valence-electron chi connectivity index (χ3n) is 1.76. The van der Waals surface area contributed by atoms with Crippen LogP contribution in [-0.4, -0.2) is 43.1 Å². The topological polar surface area (TPSA) is 57.3 Å². The highest BCUT2D eigenvalue weighted by atomic mass is 16.2. The number of hydrogen-bond acceptors (Lipinski definition) is 3. The molecule has 2 N–H and O–H groups in total. The molecule has 0 atom stereocenters. The molecule has 1 aromatic rings. The minimum Gasteiger partial charge on any atom is -0.337 e. The smallest absolute Gasteiger partial charge is 0.319 e. The fraction of sp³-hybridized carbons (Fsp3) is 0.400. The molecule has 1 heterocycles. The number of amides is 2. The molecule has 5 heteroatoms. The van der Waals surface area contributed by atoms with Gasteiger partial charge >= 0.3 is 6.03 Å². The molecule has 0 saturated heterocycles. The average molecular weight is 208 g/mol. The number of anilines is 1. The van der Waals surface area contributed by atoms with E-state index in [0.29, 0.717) is 12.2 Å². The lowest BCUT2D eigenvalue weighted by atomic mass is 10.4. The lowest BCUT2D eigenvalue weighted by Crippen LogP contribution is -2.34. The zero-order valence-corrected chi connectivity index (χ0v) is 9.03. The Balaban J connectivity index is 2.25. The summed E-state index contributed by atoms with van der Waals surface area (Å²) in [4.78, 5) is 17.2. The van der Waals surface area contributed by atoms with Crippen LogP contribution in [0.5, 0.6) is 0 Å². The van der Waals surface area contributed by atoms with Crippen LogP contribution in [-0.2, 0) is 0 Å². The predicted octanol–water partition coefficient (Wildman–Crippen LogP) is 0.765. The number of pyridine rings is 1. The van der Waals surface area contributed by atoms with Gasteiger partial charge in [0.15, 0.2) is 0 Å². The van der Waals surface area contributed by atoms with E-state index in [-0.39, 0.29) is 6.03 Å². The van der Waals surface area contributed by atoms with Crippen molar-refractivity contribution < 1.29 is 4.79 Å². The molecule has 0 aliphatic carbocycles. The van der Waals surface area contributed by atoms with E-state index in [1.54, 1.807) is 24.5 Å². The van der Waals surface area contributed by atoms with Gasteiger partial charge < -0.3 is 15.5 Å². The number of carbonyl (C=O) groups excluding carboxylic acids is 1. The first-order chi connectivity index (χ1) is 7.18. The van der Waals surface area contributed by atoms with Crippen LogP contribution >= 0.6 is 0 Å². The van der Waals surface area contributed by atoms with Crippen molar-refractivity contribution in [3.63, 3.8) is 0 Å². The van der Waals surface area contributed by atoms with Crippen molar-refractivity contribution >= 4 is 11.7 Å². The zero-order chi connectivity index (χ0) is 11.1. The van der Waals surface area contributed by atoms with E-state index < -0.39 is 0 Å². The van der Waals surface area contributed by atoms with Gasteiger partial charge in [0.1, 0.15) is 0 Å². The van der Waals surface area contributed by atoms with Crippen molar-refractivity contribution in [1.29, 1.82) is 0 Å². The molecule has 0 fully saturated rings. The molecule has 0 aromatic carbocycles. The molecular weight excluding hydrogens is 192 g/mol. The van der Waals surface area contributed by atoms with Gasteiger partial charge in [-0.05, 0) is 26.2 Å². The summed E-state index contributed by atoms with van der Waals surface area (Å²) < 4.78 is 0. The molecule has 0 saturated carbocycles. The van der Waals surface area contributed by atoms with E-state index in [1.807, 2.05) is 19.0 Å². The standard InChI is InChI=1S/C10H16N4O/c1-14(2)7-6-12-10(15)13-9-4-3-5-11-8-9/h3-5,8H,6-7H2,1-2H3,(H2,12,13,15). The number of carbonyl (C=O) groups is 1. The van der Waals surface area contributed by atoms with Gasteiger partial charge in [-0.25, -0.2) is 4.79 Å². The Morgan fingerprint density at radius 2 is 2.33 bits per heavy atom. The number of aromatic nitrogens is 1. The van der Waals surface area contributed by atoms with E-state index in [1.165, 1.54) is 0 Å². The number of likely N-dealkylation sites (N-methyl/N-ethyl adjacent to an activating group) is 1. The fourth-order valence-electron chi connectivity index (χ4n) is 1.01. The first-order valence-electron chi connectivity index (χ1n) is 4.78. The van der Waals surface area contributed by atoms with Gasteiger partial charge in [-0.1, -0.05) is 0 Å². The summed E-state index contributed by atoms with van der Waals surface area (Å²) in [5.74, 6) is 0. The summed E-state index contributed by atoms with van der Waals surface area (Å²) in [6.45, 7) is 1.44. The van der Waals surface area contributed by atoms with Crippen LogP contribution in [0.15, 0.2) is 24.5 Å². The molecule has 1 aromatic heterocycles. The largest absolute Gasteiger partial charge is 0.337 e. The van der Waals surface area contributed by atoms with Crippen molar-refractivity contribution in [2.24, 2.45) is 0 Å². The third kappa shape index (κ3) is 4.97. The van der Waals surface area contributed by atoms with Crippen LogP contribution in [0.3, 0.4) is 0 Å². The van der Waals surface area contributed by atoms with Gasteiger partial charge in [0, 0.05) is 19.3 Å². The maximum Gasteiger partial charge on any atom is 0.319 e. The Morgan fingerprint density at radius 3 is 2.93 bits per heavy atom. The molecule has 0 radical (unpaired) electrons. The summed E-state index contributed by atoms with van der Waals surface area (Å²) in [6, 6.07) is 3.36. The quantitative estimate of drug-likeness (QED) is 0.768. The van der Waals surface area contributed by atoms with Gasteiger partial charge in [-0.2, -0.15) is 0 Å². The van der Waals surface area contributed by atoms with E-state index in [9.17, 15) is 4.79 Å². The van der Waals surface area contributed by atoms with Crippen LogP contribution in [0, 0.1) is 0 Å². The molecule has 0 unspecified atom stereocenters. The Labute approximate surface area is 89.5 Å². The normalized spacial score (nSPS) is 10.1. The number of nitrogens with zero attached hydrogens (tertiary/aromatic N) is 2. The predicted molar refractivity (Wildman–Crippen MR) is 59.8 cm³/mol. The molecule has 0 spiro atoms. The van der Waals surface area contributed by atoms with Gasteiger partial charge in [-0.15, -0.1) is 0 Å². The van der Waals surface area contributed by atoms with E-state index >= 15 is 0 Å². The second-order valence-corrected chi connectivity index (χ2v) is 3.43. The second kappa shape index (κ2) is 5.98. The minimum absolute atomic E-state index is 0.204. The first kappa shape index (κ1) is 11.5. The van der Waals surface area contributed by atoms with Crippen LogP contribution < -0.4 is 10.6 Å². The Hall–Kier alpha value is -1.62. The van der Waals surface area contributed by atoms with Crippen molar-refractivity contribution in [2.75, 3.05) is 32.5 Å². The fourth-order valence-corrected chi connectivity index (χ4v) is 1.01. The van der Waals surface area contributed by atoms with E-state index in [2.05, 4.69) is 15.6 Å². The lowest BCUT2D eigenvalue weighted by Gasteiger charge is -2.10. The van der Waals surface area contributed by atoms with Crippen molar-refractivity contribution in [1.82, 2.24) is 15.2 Å². The maximum atomic E-state index is 11.3.